The summed E-state index contributed by atoms with van der Waals surface area (Å²) in [6.45, 7) is 0. The van der Waals surface area contributed by atoms with E-state index in [0.717, 1.165) is 10.8 Å². The molecule has 3 rings (SSSR count). The summed E-state index contributed by atoms with van der Waals surface area (Å²) in [5, 5.41) is 0.970. The van der Waals surface area contributed by atoms with Gasteiger partial charge in [0.05, 0.1) is 11.7 Å². The van der Waals surface area contributed by atoms with Gasteiger partial charge in [-0.05, 0) is 34.2 Å². The molecule has 0 spiro atoms. The molecular formula is C15H11F3O2S. The predicted molar refractivity (Wildman–Crippen MR) is 74.8 cm³/mol. The highest BCUT2D eigenvalue weighted by molar-refractivity contribution is 8.00. The van der Waals surface area contributed by atoms with Crippen molar-refractivity contribution in [1.82, 2.24) is 0 Å². The van der Waals surface area contributed by atoms with E-state index in [-0.39, 0.29) is 18.2 Å². The highest BCUT2D eigenvalue weighted by Gasteiger charge is 2.44. The van der Waals surface area contributed by atoms with E-state index < -0.39 is 22.8 Å². The Morgan fingerprint density at radius 1 is 1.10 bits per heavy atom. The third kappa shape index (κ3) is 3.15. The first kappa shape index (κ1) is 14.3. The Labute approximate surface area is 123 Å². The zero-order valence-electron chi connectivity index (χ0n) is 10.8. The monoisotopic (exact) mass is 312 g/mol. The van der Waals surface area contributed by atoms with Gasteiger partial charge in [0.1, 0.15) is 6.10 Å². The smallest absolute Gasteiger partial charge is 0.442 e. The van der Waals surface area contributed by atoms with Crippen molar-refractivity contribution in [3.63, 3.8) is 0 Å². The maximum absolute atomic E-state index is 12.6. The Bertz CT molecular complexity index is 684. The molecule has 0 radical (unpaired) electrons. The summed E-state index contributed by atoms with van der Waals surface area (Å²) < 4.78 is 42.8. The van der Waals surface area contributed by atoms with Gasteiger partial charge in [-0.25, -0.2) is 0 Å². The molecule has 1 aliphatic heterocycles. The van der Waals surface area contributed by atoms with Gasteiger partial charge in [-0.2, -0.15) is 13.2 Å². The third-order valence-corrected chi connectivity index (χ3v) is 4.33. The molecule has 1 fully saturated rings. The molecule has 0 aliphatic carbocycles. The van der Waals surface area contributed by atoms with Crippen LogP contribution in [0.3, 0.4) is 0 Å². The van der Waals surface area contributed by atoms with E-state index in [1.807, 2.05) is 30.3 Å². The molecule has 0 bridgehead atoms. The van der Waals surface area contributed by atoms with E-state index in [1.165, 1.54) is 0 Å². The zero-order valence-corrected chi connectivity index (χ0v) is 11.6. The molecule has 6 heteroatoms. The molecule has 2 aromatic rings. The standard InChI is InChI=1S/C15H11F3O2S/c16-15(17,18)21-12-8-13(19)20-14(12)11-6-5-9-3-1-2-4-10(9)7-11/h1-7,12,14H,8H2/t12-,14+/m0/s1. The summed E-state index contributed by atoms with van der Waals surface area (Å²) in [4.78, 5) is 11.4. The number of cyclic esters (lactones) is 1. The fourth-order valence-electron chi connectivity index (χ4n) is 2.48. The predicted octanol–water partition coefficient (Wildman–Crippen LogP) is 4.45. The summed E-state index contributed by atoms with van der Waals surface area (Å²) in [6.07, 6.45) is -1.07. The topological polar surface area (TPSA) is 26.3 Å². The van der Waals surface area contributed by atoms with Gasteiger partial charge in [0, 0.05) is 0 Å². The average Bonchev–Trinajstić information content (AvgIpc) is 2.77. The minimum atomic E-state index is -4.38. The largest absolute Gasteiger partial charge is 0.456 e. The molecule has 2 atom stereocenters. The van der Waals surface area contributed by atoms with Crippen LogP contribution in [-0.4, -0.2) is 16.7 Å². The Hall–Kier alpha value is -1.69. The van der Waals surface area contributed by atoms with Crippen LogP contribution >= 0.6 is 11.8 Å². The first-order valence-electron chi connectivity index (χ1n) is 6.35. The van der Waals surface area contributed by atoms with E-state index in [2.05, 4.69) is 0 Å². The van der Waals surface area contributed by atoms with Crippen LogP contribution in [0.25, 0.3) is 10.8 Å². The van der Waals surface area contributed by atoms with Gasteiger partial charge in [-0.3, -0.25) is 4.79 Å². The second-order valence-electron chi connectivity index (χ2n) is 4.82. The maximum atomic E-state index is 12.6. The SMILES string of the molecule is O=C1C[C@H](SC(F)(F)F)[C@@H](c2ccc3ccccc3c2)O1. The molecule has 0 amide bonds. The Morgan fingerprint density at radius 3 is 2.52 bits per heavy atom. The van der Waals surface area contributed by atoms with Crippen molar-refractivity contribution in [3.05, 3.63) is 48.0 Å². The number of thioether (sulfide) groups is 1. The second-order valence-corrected chi connectivity index (χ2v) is 6.13. The molecule has 0 N–H and O–H groups in total. The van der Waals surface area contributed by atoms with Crippen molar-refractivity contribution >= 4 is 28.5 Å². The molecule has 2 nitrogen and oxygen atoms in total. The fraction of sp³-hybridized carbons (Fsp3) is 0.267. The van der Waals surface area contributed by atoms with Crippen LogP contribution < -0.4 is 0 Å². The van der Waals surface area contributed by atoms with Crippen LogP contribution in [-0.2, 0) is 9.53 Å². The van der Waals surface area contributed by atoms with Crippen LogP contribution in [0, 0.1) is 0 Å². The van der Waals surface area contributed by atoms with Gasteiger partial charge < -0.3 is 4.74 Å². The number of esters is 1. The number of ether oxygens (including phenoxy) is 1. The number of hydrogen-bond acceptors (Lipinski definition) is 3. The number of fused-ring (bicyclic) bond motifs is 1. The van der Waals surface area contributed by atoms with E-state index in [9.17, 15) is 18.0 Å². The summed E-state index contributed by atoms with van der Waals surface area (Å²) in [5.41, 5.74) is -3.78. The molecule has 0 unspecified atom stereocenters. The lowest BCUT2D eigenvalue weighted by Crippen LogP contribution is -2.15. The lowest BCUT2D eigenvalue weighted by Gasteiger charge is -2.19. The normalized spacial score (nSPS) is 22.5. The van der Waals surface area contributed by atoms with Crippen molar-refractivity contribution in [2.75, 3.05) is 0 Å². The van der Waals surface area contributed by atoms with Gasteiger partial charge >= 0.3 is 11.5 Å². The lowest BCUT2D eigenvalue weighted by molar-refractivity contribution is -0.141. The van der Waals surface area contributed by atoms with Crippen molar-refractivity contribution in [3.8, 4) is 0 Å². The quantitative estimate of drug-likeness (QED) is 0.766. The van der Waals surface area contributed by atoms with Crippen molar-refractivity contribution < 1.29 is 22.7 Å². The fourth-order valence-corrected chi connectivity index (χ4v) is 3.38. The van der Waals surface area contributed by atoms with Crippen LogP contribution in [0.5, 0.6) is 0 Å². The Kier molecular flexibility index (Phi) is 3.57. The van der Waals surface area contributed by atoms with Crippen molar-refractivity contribution in [2.45, 2.75) is 23.3 Å². The van der Waals surface area contributed by atoms with Crippen molar-refractivity contribution in [2.24, 2.45) is 0 Å². The van der Waals surface area contributed by atoms with E-state index in [0.29, 0.717) is 5.56 Å². The van der Waals surface area contributed by atoms with Gasteiger partial charge in [-0.15, -0.1) is 0 Å². The van der Waals surface area contributed by atoms with Crippen molar-refractivity contribution in [1.29, 1.82) is 0 Å². The number of alkyl halides is 3. The van der Waals surface area contributed by atoms with Crippen LogP contribution in [0.4, 0.5) is 13.2 Å². The summed E-state index contributed by atoms with van der Waals surface area (Å²) in [5.74, 6) is -0.588. The summed E-state index contributed by atoms with van der Waals surface area (Å²) in [7, 11) is 0. The molecule has 2 aromatic carbocycles. The molecule has 1 aliphatic rings. The number of halogens is 3. The van der Waals surface area contributed by atoms with E-state index in [4.69, 9.17) is 4.74 Å². The average molecular weight is 312 g/mol. The summed E-state index contributed by atoms with van der Waals surface area (Å²) >= 11 is -0.169. The lowest BCUT2D eigenvalue weighted by atomic mass is 10.0. The highest BCUT2D eigenvalue weighted by atomic mass is 32.2. The summed E-state index contributed by atoms with van der Waals surface area (Å²) in [6, 6.07) is 12.9. The molecule has 1 saturated heterocycles. The van der Waals surface area contributed by atoms with Gasteiger partial charge in [0.25, 0.3) is 0 Å². The first-order chi connectivity index (χ1) is 9.92. The maximum Gasteiger partial charge on any atom is 0.442 e. The second kappa shape index (κ2) is 5.26. The molecule has 21 heavy (non-hydrogen) atoms. The molecule has 110 valence electrons. The van der Waals surface area contributed by atoms with Crippen LogP contribution in [0.15, 0.2) is 42.5 Å². The van der Waals surface area contributed by atoms with Crippen LogP contribution in [0.1, 0.15) is 18.1 Å². The highest BCUT2D eigenvalue weighted by Crippen LogP contribution is 2.45. The molecule has 0 saturated carbocycles. The molecule has 1 heterocycles. The van der Waals surface area contributed by atoms with Gasteiger partial charge in [-0.1, -0.05) is 36.4 Å². The third-order valence-electron chi connectivity index (χ3n) is 3.35. The molecular weight excluding hydrogens is 301 g/mol. The number of carbonyl (C=O) groups is 1. The van der Waals surface area contributed by atoms with E-state index >= 15 is 0 Å². The Balaban J connectivity index is 1.93. The number of carbonyl (C=O) groups excluding carboxylic acids is 1. The first-order valence-corrected chi connectivity index (χ1v) is 7.23. The minimum absolute atomic E-state index is 0.169. The number of benzene rings is 2. The zero-order chi connectivity index (χ0) is 15.0. The molecule has 0 aromatic heterocycles. The van der Waals surface area contributed by atoms with Gasteiger partial charge in [0.2, 0.25) is 0 Å². The number of hydrogen-bond donors (Lipinski definition) is 0. The van der Waals surface area contributed by atoms with Gasteiger partial charge in [0.15, 0.2) is 0 Å². The minimum Gasteiger partial charge on any atom is -0.456 e. The van der Waals surface area contributed by atoms with Crippen LogP contribution in [0.2, 0.25) is 0 Å². The Morgan fingerprint density at radius 2 is 1.81 bits per heavy atom. The number of rotatable bonds is 2. The van der Waals surface area contributed by atoms with E-state index in [1.54, 1.807) is 12.1 Å².